The topological polar surface area (TPSA) is 110 Å². The van der Waals surface area contributed by atoms with Crippen LogP contribution in [0, 0.1) is 13.8 Å². The van der Waals surface area contributed by atoms with Crippen molar-refractivity contribution >= 4 is 17.6 Å². The highest BCUT2D eigenvalue weighted by molar-refractivity contribution is 5.67. The summed E-state index contributed by atoms with van der Waals surface area (Å²) in [6.45, 7) is 3.94. The van der Waals surface area contributed by atoms with E-state index in [2.05, 4.69) is 20.3 Å². The lowest BCUT2D eigenvalue weighted by atomic mass is 10.1. The van der Waals surface area contributed by atoms with Crippen LogP contribution in [0.4, 0.5) is 11.6 Å². The molecule has 0 fully saturated rings. The van der Waals surface area contributed by atoms with E-state index in [0.29, 0.717) is 40.9 Å². The van der Waals surface area contributed by atoms with Gasteiger partial charge in [0.2, 0.25) is 0 Å². The second-order valence-electron chi connectivity index (χ2n) is 7.46. The molecule has 4 aromatic rings. The Morgan fingerprint density at radius 1 is 0.970 bits per heavy atom. The maximum absolute atomic E-state index is 10.8. The molecule has 2 N–H and O–H groups in total. The summed E-state index contributed by atoms with van der Waals surface area (Å²) in [4.78, 5) is 28.7. The number of nitrogens with one attached hydrogen (secondary N) is 1. The maximum atomic E-state index is 10.8. The smallest absolute Gasteiger partial charge is 0.303 e. The van der Waals surface area contributed by atoms with Crippen LogP contribution >= 0.6 is 0 Å². The van der Waals surface area contributed by atoms with Gasteiger partial charge in [-0.05, 0) is 55.8 Å². The molecule has 8 heteroatoms. The average molecular weight is 441 g/mol. The van der Waals surface area contributed by atoms with E-state index in [0.717, 1.165) is 17.0 Å². The van der Waals surface area contributed by atoms with Crippen molar-refractivity contribution < 1.29 is 14.6 Å². The third-order valence-electron chi connectivity index (χ3n) is 4.96. The molecule has 0 bridgehead atoms. The Hall–Kier alpha value is -4.33. The highest BCUT2D eigenvalue weighted by Gasteiger charge is 2.13. The second-order valence-corrected chi connectivity index (χ2v) is 7.46. The molecule has 0 spiro atoms. The molecule has 8 nitrogen and oxygen atoms in total. The average Bonchev–Trinajstić information content (AvgIpc) is 2.81. The molecule has 0 aliphatic rings. The molecular formula is C25H23N5O3. The number of hydrogen-bond acceptors (Lipinski definition) is 7. The van der Waals surface area contributed by atoms with Gasteiger partial charge in [0.15, 0.2) is 5.75 Å². The van der Waals surface area contributed by atoms with Crippen LogP contribution in [-0.2, 0) is 11.2 Å². The van der Waals surface area contributed by atoms with Crippen LogP contribution in [0.25, 0.3) is 11.4 Å². The fourth-order valence-corrected chi connectivity index (χ4v) is 3.17. The maximum Gasteiger partial charge on any atom is 0.303 e. The van der Waals surface area contributed by atoms with Crippen molar-refractivity contribution in [2.45, 2.75) is 26.7 Å². The number of carboxylic acids is 1. The molecule has 0 saturated carbocycles. The number of anilines is 2. The normalized spacial score (nSPS) is 10.6. The minimum atomic E-state index is -0.854. The molecule has 0 saturated heterocycles. The highest BCUT2D eigenvalue weighted by atomic mass is 16.5. The number of rotatable bonds is 8. The van der Waals surface area contributed by atoms with Crippen molar-refractivity contribution in [1.29, 1.82) is 0 Å². The number of carbonyl (C=O) groups is 1. The first-order chi connectivity index (χ1) is 16.0. The molecule has 33 heavy (non-hydrogen) atoms. The summed E-state index contributed by atoms with van der Waals surface area (Å²) in [5, 5.41) is 12.0. The number of carboxylic acid groups (broad SMARTS) is 1. The van der Waals surface area contributed by atoms with E-state index in [-0.39, 0.29) is 6.42 Å². The van der Waals surface area contributed by atoms with Gasteiger partial charge in [-0.25, -0.2) is 15.0 Å². The molecule has 0 atom stereocenters. The van der Waals surface area contributed by atoms with E-state index in [4.69, 9.17) is 14.8 Å². The van der Waals surface area contributed by atoms with Gasteiger partial charge < -0.3 is 15.2 Å². The first kappa shape index (κ1) is 21.9. The third-order valence-corrected chi connectivity index (χ3v) is 4.96. The molecule has 0 aliphatic carbocycles. The van der Waals surface area contributed by atoms with Crippen molar-refractivity contribution in [3.8, 4) is 22.9 Å². The van der Waals surface area contributed by atoms with E-state index >= 15 is 0 Å². The SMILES string of the molecule is Cc1cc(Oc2ccnc(Nc3cccc(CCC(=O)O)n3)c2)c(-c2ccccn2)nc1C. The number of aliphatic carboxylic acids is 1. The number of hydrogen-bond donors (Lipinski definition) is 2. The molecule has 0 radical (unpaired) electrons. The Balaban J connectivity index is 1.57. The van der Waals surface area contributed by atoms with Crippen LogP contribution in [-0.4, -0.2) is 31.0 Å². The van der Waals surface area contributed by atoms with Gasteiger partial charge in [0.05, 0.1) is 12.1 Å². The molecule has 0 aromatic carbocycles. The number of aromatic nitrogens is 4. The number of pyridine rings is 4. The minimum absolute atomic E-state index is 0.0284. The monoisotopic (exact) mass is 441 g/mol. The molecule has 0 unspecified atom stereocenters. The van der Waals surface area contributed by atoms with Gasteiger partial charge in [0, 0.05) is 36.3 Å². The summed E-state index contributed by atoms with van der Waals surface area (Å²) in [6, 6.07) is 16.6. The number of aryl methyl sites for hydroxylation is 3. The largest absolute Gasteiger partial charge is 0.481 e. The number of nitrogens with zero attached hydrogens (tertiary/aromatic N) is 4. The van der Waals surface area contributed by atoms with E-state index in [1.807, 2.05) is 44.2 Å². The van der Waals surface area contributed by atoms with Gasteiger partial charge in [-0.1, -0.05) is 12.1 Å². The highest BCUT2D eigenvalue weighted by Crippen LogP contribution is 2.33. The number of ether oxygens (including phenoxy) is 1. The lowest BCUT2D eigenvalue weighted by molar-refractivity contribution is -0.136. The Labute approximate surface area is 191 Å². The lowest BCUT2D eigenvalue weighted by Gasteiger charge is -2.13. The van der Waals surface area contributed by atoms with Crippen LogP contribution in [0.2, 0.25) is 0 Å². The quantitative estimate of drug-likeness (QED) is 0.388. The van der Waals surface area contributed by atoms with Crippen molar-refractivity contribution in [2.75, 3.05) is 5.32 Å². The van der Waals surface area contributed by atoms with E-state index in [1.165, 1.54) is 0 Å². The minimum Gasteiger partial charge on any atom is -0.481 e. The molecule has 4 aromatic heterocycles. The van der Waals surface area contributed by atoms with Gasteiger partial charge in [-0.3, -0.25) is 9.78 Å². The lowest BCUT2D eigenvalue weighted by Crippen LogP contribution is -2.02. The predicted molar refractivity (Wildman–Crippen MR) is 125 cm³/mol. The van der Waals surface area contributed by atoms with E-state index < -0.39 is 5.97 Å². The zero-order chi connectivity index (χ0) is 23.2. The van der Waals surface area contributed by atoms with Crippen LogP contribution in [0.5, 0.6) is 11.5 Å². The fraction of sp³-hybridized carbons (Fsp3) is 0.160. The Kier molecular flexibility index (Phi) is 6.54. The van der Waals surface area contributed by atoms with Gasteiger partial charge >= 0.3 is 5.97 Å². The summed E-state index contributed by atoms with van der Waals surface area (Å²) >= 11 is 0. The van der Waals surface area contributed by atoms with Gasteiger partial charge in [-0.15, -0.1) is 0 Å². The first-order valence-electron chi connectivity index (χ1n) is 10.5. The zero-order valence-corrected chi connectivity index (χ0v) is 18.3. The standard InChI is InChI=1S/C25H23N5O3/c1-16-14-21(25(28-17(16)2)20-7-3-4-12-26-20)33-19-11-13-27-23(15-19)30-22-8-5-6-18(29-22)9-10-24(31)32/h3-8,11-15H,9-10H2,1-2H3,(H,31,32)(H,27,29,30). The Bertz CT molecular complexity index is 1280. The van der Waals surface area contributed by atoms with Crippen molar-refractivity contribution in [2.24, 2.45) is 0 Å². The van der Waals surface area contributed by atoms with Gasteiger partial charge in [0.25, 0.3) is 0 Å². The second kappa shape index (κ2) is 9.86. The third kappa shape index (κ3) is 5.68. The van der Waals surface area contributed by atoms with Crippen molar-refractivity contribution in [1.82, 2.24) is 19.9 Å². The van der Waals surface area contributed by atoms with Crippen LogP contribution < -0.4 is 10.1 Å². The summed E-state index contributed by atoms with van der Waals surface area (Å²) in [5.74, 6) is 1.45. The van der Waals surface area contributed by atoms with Gasteiger partial charge in [-0.2, -0.15) is 0 Å². The molecule has 0 aliphatic heterocycles. The van der Waals surface area contributed by atoms with E-state index in [1.54, 1.807) is 36.7 Å². The predicted octanol–water partition coefficient (Wildman–Crippen LogP) is 5.10. The van der Waals surface area contributed by atoms with Crippen LogP contribution in [0.3, 0.4) is 0 Å². The Morgan fingerprint density at radius 2 is 1.85 bits per heavy atom. The summed E-state index contributed by atoms with van der Waals surface area (Å²) < 4.78 is 6.20. The van der Waals surface area contributed by atoms with E-state index in [9.17, 15) is 4.79 Å². The van der Waals surface area contributed by atoms with Gasteiger partial charge in [0.1, 0.15) is 23.1 Å². The molecule has 0 amide bonds. The molecule has 166 valence electrons. The summed E-state index contributed by atoms with van der Waals surface area (Å²) in [6.07, 6.45) is 3.75. The summed E-state index contributed by atoms with van der Waals surface area (Å²) in [5.41, 5.74) is 4.01. The Morgan fingerprint density at radius 3 is 2.64 bits per heavy atom. The zero-order valence-electron chi connectivity index (χ0n) is 18.3. The van der Waals surface area contributed by atoms with Crippen molar-refractivity contribution in [3.63, 3.8) is 0 Å². The summed E-state index contributed by atoms with van der Waals surface area (Å²) in [7, 11) is 0. The molecule has 4 heterocycles. The molecular weight excluding hydrogens is 418 g/mol. The first-order valence-corrected chi connectivity index (χ1v) is 10.5. The molecule has 4 rings (SSSR count). The van der Waals surface area contributed by atoms with Crippen LogP contribution in [0.15, 0.2) is 67.0 Å². The van der Waals surface area contributed by atoms with Crippen LogP contribution in [0.1, 0.15) is 23.4 Å². The van der Waals surface area contributed by atoms with Crippen molar-refractivity contribution in [3.05, 3.63) is 83.9 Å². The fourth-order valence-electron chi connectivity index (χ4n) is 3.17.